The molecule has 0 saturated carbocycles. The van der Waals surface area contributed by atoms with Crippen molar-refractivity contribution in [1.82, 2.24) is 15.1 Å². The van der Waals surface area contributed by atoms with E-state index in [0.29, 0.717) is 10.8 Å². The lowest BCUT2D eigenvalue weighted by Gasteiger charge is -2.18. The first-order valence-electron chi connectivity index (χ1n) is 7.39. The molecule has 0 aliphatic carbocycles. The lowest BCUT2D eigenvalue weighted by molar-refractivity contribution is -0.0493. The first kappa shape index (κ1) is 18.1. The van der Waals surface area contributed by atoms with Gasteiger partial charge in [-0.05, 0) is 50.7 Å². The normalized spacial score (nSPS) is 12.1. The average Bonchev–Trinajstić information content (AvgIpc) is 2.80. The summed E-state index contributed by atoms with van der Waals surface area (Å²) in [5.41, 5.74) is 3.20. The number of benzene rings is 1. The predicted octanol–water partition coefficient (Wildman–Crippen LogP) is 3.69. The van der Waals surface area contributed by atoms with Gasteiger partial charge in [0.25, 0.3) is 0 Å². The van der Waals surface area contributed by atoms with Gasteiger partial charge in [-0.25, -0.2) is 0 Å². The van der Waals surface area contributed by atoms with E-state index < -0.39 is 6.61 Å². The minimum absolute atomic E-state index is 0.0463. The molecule has 0 aliphatic rings. The molecule has 2 N–H and O–H groups in total. The van der Waals surface area contributed by atoms with Crippen molar-refractivity contribution in [1.29, 1.82) is 0 Å². The number of rotatable bonds is 5. The zero-order valence-corrected chi connectivity index (χ0v) is 14.7. The van der Waals surface area contributed by atoms with E-state index in [1.807, 2.05) is 34.0 Å². The third-order valence-corrected chi connectivity index (χ3v) is 3.68. The second-order valence-corrected chi connectivity index (χ2v) is 5.95. The van der Waals surface area contributed by atoms with Crippen LogP contribution in [-0.4, -0.2) is 21.5 Å². The van der Waals surface area contributed by atoms with Gasteiger partial charge in [0.1, 0.15) is 5.75 Å². The van der Waals surface area contributed by atoms with Crippen LogP contribution in [0.15, 0.2) is 24.4 Å². The molecule has 1 unspecified atom stereocenters. The SMILES string of the molecule is Cc1ccc(OC(F)F)c(NC(=S)NC(C)c2cn(C)nc2C)c1. The van der Waals surface area contributed by atoms with Crippen LogP contribution < -0.4 is 15.4 Å². The number of ether oxygens (including phenoxy) is 1. The van der Waals surface area contributed by atoms with Crippen LogP contribution in [0.4, 0.5) is 14.5 Å². The van der Waals surface area contributed by atoms with Crippen molar-refractivity contribution in [2.45, 2.75) is 33.4 Å². The third kappa shape index (κ3) is 4.64. The van der Waals surface area contributed by atoms with Crippen LogP contribution in [0, 0.1) is 13.8 Å². The van der Waals surface area contributed by atoms with Crippen LogP contribution in [0.1, 0.15) is 29.8 Å². The van der Waals surface area contributed by atoms with Crippen molar-refractivity contribution >= 4 is 23.0 Å². The van der Waals surface area contributed by atoms with Gasteiger partial charge in [0.2, 0.25) is 0 Å². The van der Waals surface area contributed by atoms with Crippen LogP contribution in [0.3, 0.4) is 0 Å². The topological polar surface area (TPSA) is 51.1 Å². The Hall–Kier alpha value is -2.22. The van der Waals surface area contributed by atoms with Crippen LogP contribution >= 0.6 is 12.2 Å². The third-order valence-electron chi connectivity index (χ3n) is 3.46. The van der Waals surface area contributed by atoms with Crippen LogP contribution in [0.5, 0.6) is 5.75 Å². The first-order chi connectivity index (χ1) is 11.3. The molecular formula is C16H20F2N4OS. The Morgan fingerprint density at radius 2 is 2.04 bits per heavy atom. The molecule has 1 aromatic carbocycles. The summed E-state index contributed by atoms with van der Waals surface area (Å²) >= 11 is 5.29. The number of halogens is 2. The largest absolute Gasteiger partial charge is 0.433 e. The van der Waals surface area contributed by atoms with Gasteiger partial charge >= 0.3 is 6.61 Å². The van der Waals surface area contributed by atoms with Crippen molar-refractivity contribution in [3.05, 3.63) is 41.2 Å². The van der Waals surface area contributed by atoms with Crippen molar-refractivity contribution in [3.8, 4) is 5.75 Å². The highest BCUT2D eigenvalue weighted by atomic mass is 32.1. The summed E-state index contributed by atoms with van der Waals surface area (Å²) in [7, 11) is 1.85. The van der Waals surface area contributed by atoms with E-state index in [0.717, 1.165) is 16.8 Å². The molecule has 0 aliphatic heterocycles. The van der Waals surface area contributed by atoms with Gasteiger partial charge in [0.05, 0.1) is 17.4 Å². The fourth-order valence-corrected chi connectivity index (χ4v) is 2.70. The zero-order chi connectivity index (χ0) is 17.9. The lowest BCUT2D eigenvalue weighted by atomic mass is 10.1. The number of aryl methyl sites for hydroxylation is 3. The number of anilines is 1. The monoisotopic (exact) mass is 354 g/mol. The number of alkyl halides is 2. The van der Waals surface area contributed by atoms with Crippen LogP contribution in [-0.2, 0) is 7.05 Å². The fraction of sp³-hybridized carbons (Fsp3) is 0.375. The van der Waals surface area contributed by atoms with Crippen molar-refractivity contribution in [2.75, 3.05) is 5.32 Å². The van der Waals surface area contributed by atoms with E-state index in [1.54, 1.807) is 16.8 Å². The van der Waals surface area contributed by atoms with Gasteiger partial charge in [-0.1, -0.05) is 6.07 Å². The second kappa shape index (κ2) is 7.57. The standard InChI is InChI=1S/C16H20F2N4OS/c1-9-5-6-14(23-15(17)18)13(7-9)20-16(24)19-10(2)12-8-22(4)21-11(12)3/h5-8,10,15H,1-4H3,(H2,19,20,24). The Kier molecular flexibility index (Phi) is 5.71. The molecule has 2 aromatic rings. The molecule has 0 spiro atoms. The van der Waals surface area contributed by atoms with Crippen molar-refractivity contribution in [2.24, 2.45) is 7.05 Å². The Balaban J connectivity index is 2.09. The van der Waals surface area contributed by atoms with Gasteiger partial charge in [0, 0.05) is 18.8 Å². The Labute approximate surface area is 145 Å². The number of thiocarbonyl (C=S) groups is 1. The van der Waals surface area contributed by atoms with E-state index in [4.69, 9.17) is 12.2 Å². The highest BCUT2D eigenvalue weighted by molar-refractivity contribution is 7.80. The highest BCUT2D eigenvalue weighted by Crippen LogP contribution is 2.27. The lowest BCUT2D eigenvalue weighted by Crippen LogP contribution is -2.31. The molecule has 0 fully saturated rings. The van der Waals surface area contributed by atoms with Gasteiger partial charge in [-0.2, -0.15) is 13.9 Å². The molecular weight excluding hydrogens is 334 g/mol. The first-order valence-corrected chi connectivity index (χ1v) is 7.80. The van der Waals surface area contributed by atoms with Crippen LogP contribution in [0.2, 0.25) is 0 Å². The number of nitrogens with zero attached hydrogens (tertiary/aromatic N) is 2. The summed E-state index contributed by atoms with van der Waals surface area (Å²) in [5, 5.41) is 10.6. The summed E-state index contributed by atoms with van der Waals surface area (Å²) in [5.74, 6) is 0.0463. The molecule has 8 heteroatoms. The minimum atomic E-state index is -2.90. The summed E-state index contributed by atoms with van der Waals surface area (Å²) < 4.78 is 31.3. The molecule has 5 nitrogen and oxygen atoms in total. The second-order valence-electron chi connectivity index (χ2n) is 5.54. The molecule has 1 atom stereocenters. The minimum Gasteiger partial charge on any atom is -0.433 e. The maximum absolute atomic E-state index is 12.5. The average molecular weight is 354 g/mol. The molecule has 0 amide bonds. The number of nitrogens with one attached hydrogen (secondary N) is 2. The van der Waals surface area contributed by atoms with Gasteiger partial charge < -0.3 is 15.4 Å². The molecule has 2 rings (SSSR count). The van der Waals surface area contributed by atoms with E-state index in [1.165, 1.54) is 6.07 Å². The number of hydrogen-bond donors (Lipinski definition) is 2. The maximum Gasteiger partial charge on any atom is 0.387 e. The highest BCUT2D eigenvalue weighted by Gasteiger charge is 2.15. The number of aromatic nitrogens is 2. The summed E-state index contributed by atoms with van der Waals surface area (Å²) in [6.07, 6.45) is 1.91. The van der Waals surface area contributed by atoms with Gasteiger partial charge in [0.15, 0.2) is 5.11 Å². The van der Waals surface area contributed by atoms with E-state index in [-0.39, 0.29) is 11.8 Å². The maximum atomic E-state index is 12.5. The molecule has 24 heavy (non-hydrogen) atoms. The van der Waals surface area contributed by atoms with Gasteiger partial charge in [-0.3, -0.25) is 4.68 Å². The summed E-state index contributed by atoms with van der Waals surface area (Å²) in [6, 6.07) is 4.80. The van der Waals surface area contributed by atoms with E-state index >= 15 is 0 Å². The molecule has 0 saturated heterocycles. The van der Waals surface area contributed by atoms with E-state index in [2.05, 4.69) is 20.5 Å². The van der Waals surface area contributed by atoms with Crippen molar-refractivity contribution in [3.63, 3.8) is 0 Å². The molecule has 1 aromatic heterocycles. The molecule has 130 valence electrons. The summed E-state index contributed by atoms with van der Waals surface area (Å²) in [4.78, 5) is 0. The quantitative estimate of drug-likeness (QED) is 0.802. The molecule has 1 heterocycles. The van der Waals surface area contributed by atoms with Gasteiger partial charge in [-0.15, -0.1) is 0 Å². The zero-order valence-electron chi connectivity index (χ0n) is 13.9. The summed E-state index contributed by atoms with van der Waals surface area (Å²) in [6.45, 7) is 2.83. The number of hydrogen-bond acceptors (Lipinski definition) is 3. The Bertz CT molecular complexity index is 733. The Morgan fingerprint density at radius 3 is 2.62 bits per heavy atom. The molecule has 0 bridgehead atoms. The molecule has 0 radical (unpaired) electrons. The smallest absolute Gasteiger partial charge is 0.387 e. The van der Waals surface area contributed by atoms with E-state index in [9.17, 15) is 8.78 Å². The fourth-order valence-electron chi connectivity index (χ4n) is 2.42. The van der Waals surface area contributed by atoms with Crippen molar-refractivity contribution < 1.29 is 13.5 Å². The van der Waals surface area contributed by atoms with Crippen LogP contribution in [0.25, 0.3) is 0 Å². The predicted molar refractivity (Wildman–Crippen MR) is 93.5 cm³/mol. The Morgan fingerprint density at radius 1 is 1.33 bits per heavy atom.